The van der Waals surface area contributed by atoms with E-state index in [0.29, 0.717) is 24.8 Å². The molecular weight excluding hydrogens is 208 g/mol. The molecule has 1 aliphatic rings. The highest BCUT2D eigenvalue weighted by Crippen LogP contribution is 2.37. The number of carbonyl (C=O) groups is 2. The fourth-order valence-electron chi connectivity index (χ4n) is 1.84. The van der Waals surface area contributed by atoms with Gasteiger partial charge in [-0.05, 0) is 19.3 Å². The predicted molar refractivity (Wildman–Crippen MR) is 58.6 cm³/mol. The molecule has 1 unspecified atom stereocenters. The number of hydrogen-bond acceptors (Lipinski definition) is 4. The minimum Gasteiger partial charge on any atom is -0.468 e. The van der Waals surface area contributed by atoms with Gasteiger partial charge < -0.3 is 9.47 Å². The molecule has 88 valence electrons. The summed E-state index contributed by atoms with van der Waals surface area (Å²) in [6, 6.07) is 0. The molecule has 1 aliphatic carbocycles. The molecule has 0 heterocycles. The lowest BCUT2D eigenvalue weighted by Crippen LogP contribution is -2.32. The standard InChI is InChI=1S/C12H16O4/c1-4-12(11(14)16-3)7-5-9(6-8-12)10(13)15-2/h4-5H,1,6-8H2,2-3H3. The number of rotatable bonds is 3. The lowest BCUT2D eigenvalue weighted by molar-refractivity contribution is -0.150. The van der Waals surface area contributed by atoms with E-state index in [-0.39, 0.29) is 11.9 Å². The Hall–Kier alpha value is -1.58. The fourth-order valence-corrected chi connectivity index (χ4v) is 1.84. The van der Waals surface area contributed by atoms with Crippen LogP contribution in [-0.2, 0) is 19.1 Å². The number of hydrogen-bond donors (Lipinski definition) is 0. The van der Waals surface area contributed by atoms with Crippen LogP contribution < -0.4 is 0 Å². The number of carbonyl (C=O) groups excluding carboxylic acids is 2. The van der Waals surface area contributed by atoms with Crippen LogP contribution in [0.25, 0.3) is 0 Å². The molecule has 1 rings (SSSR count). The number of esters is 2. The third kappa shape index (κ3) is 2.15. The van der Waals surface area contributed by atoms with Crippen LogP contribution in [0.15, 0.2) is 24.3 Å². The molecule has 0 aromatic carbocycles. The van der Waals surface area contributed by atoms with Crippen molar-refractivity contribution in [3.05, 3.63) is 24.3 Å². The summed E-state index contributed by atoms with van der Waals surface area (Å²) in [7, 11) is 2.70. The van der Waals surface area contributed by atoms with Gasteiger partial charge in [-0.25, -0.2) is 4.79 Å². The van der Waals surface area contributed by atoms with Crippen molar-refractivity contribution in [2.75, 3.05) is 14.2 Å². The van der Waals surface area contributed by atoms with Crippen LogP contribution in [0.5, 0.6) is 0 Å². The summed E-state index contributed by atoms with van der Waals surface area (Å²) in [4.78, 5) is 22.9. The van der Waals surface area contributed by atoms with E-state index in [1.165, 1.54) is 14.2 Å². The van der Waals surface area contributed by atoms with Crippen LogP contribution in [0.4, 0.5) is 0 Å². The molecule has 0 bridgehead atoms. The van der Waals surface area contributed by atoms with Crippen molar-refractivity contribution < 1.29 is 19.1 Å². The third-order valence-electron chi connectivity index (χ3n) is 2.98. The zero-order chi connectivity index (χ0) is 12.2. The Balaban J connectivity index is 2.85. The van der Waals surface area contributed by atoms with Gasteiger partial charge in [0, 0.05) is 5.57 Å². The van der Waals surface area contributed by atoms with Gasteiger partial charge >= 0.3 is 11.9 Å². The minimum atomic E-state index is -0.688. The Kier molecular flexibility index (Phi) is 3.88. The Labute approximate surface area is 94.9 Å². The zero-order valence-electron chi connectivity index (χ0n) is 9.62. The Morgan fingerprint density at radius 1 is 1.44 bits per heavy atom. The van der Waals surface area contributed by atoms with Gasteiger partial charge in [-0.15, -0.1) is 6.58 Å². The van der Waals surface area contributed by atoms with E-state index in [4.69, 9.17) is 4.74 Å². The van der Waals surface area contributed by atoms with Crippen LogP contribution in [0.2, 0.25) is 0 Å². The predicted octanol–water partition coefficient (Wildman–Crippen LogP) is 1.62. The molecule has 0 fully saturated rings. The van der Waals surface area contributed by atoms with Gasteiger partial charge in [0.05, 0.1) is 19.6 Å². The molecule has 1 atom stereocenters. The number of allylic oxidation sites excluding steroid dienone is 1. The maximum absolute atomic E-state index is 11.6. The SMILES string of the molecule is C=CC1(C(=O)OC)CC=C(C(=O)OC)CC1. The van der Waals surface area contributed by atoms with Crippen LogP contribution in [-0.4, -0.2) is 26.2 Å². The van der Waals surface area contributed by atoms with Crippen molar-refractivity contribution in [2.45, 2.75) is 19.3 Å². The molecule has 4 nitrogen and oxygen atoms in total. The maximum Gasteiger partial charge on any atom is 0.333 e. The van der Waals surface area contributed by atoms with Crippen LogP contribution >= 0.6 is 0 Å². The third-order valence-corrected chi connectivity index (χ3v) is 2.98. The van der Waals surface area contributed by atoms with E-state index >= 15 is 0 Å². The molecule has 0 saturated carbocycles. The molecular formula is C12H16O4. The molecule has 0 amide bonds. The molecule has 0 radical (unpaired) electrons. The first-order valence-corrected chi connectivity index (χ1v) is 5.09. The van der Waals surface area contributed by atoms with Crippen molar-refractivity contribution in [3.63, 3.8) is 0 Å². The largest absolute Gasteiger partial charge is 0.468 e. The molecule has 0 spiro atoms. The quantitative estimate of drug-likeness (QED) is 0.540. The average molecular weight is 224 g/mol. The minimum absolute atomic E-state index is 0.303. The Bertz CT molecular complexity index is 343. The molecule has 0 aromatic heterocycles. The maximum atomic E-state index is 11.6. The second kappa shape index (κ2) is 4.96. The van der Waals surface area contributed by atoms with Crippen LogP contribution in [0.1, 0.15) is 19.3 Å². The lowest BCUT2D eigenvalue weighted by atomic mass is 9.75. The van der Waals surface area contributed by atoms with Crippen molar-refractivity contribution in [1.29, 1.82) is 0 Å². The summed E-state index contributed by atoms with van der Waals surface area (Å²) in [6.45, 7) is 3.67. The summed E-state index contributed by atoms with van der Waals surface area (Å²) in [5.41, 5.74) is -0.0735. The van der Waals surface area contributed by atoms with E-state index < -0.39 is 5.41 Å². The molecule has 0 N–H and O–H groups in total. The van der Waals surface area contributed by atoms with Gasteiger partial charge in [-0.2, -0.15) is 0 Å². The van der Waals surface area contributed by atoms with Gasteiger partial charge in [-0.1, -0.05) is 12.2 Å². The van der Waals surface area contributed by atoms with E-state index in [9.17, 15) is 9.59 Å². The van der Waals surface area contributed by atoms with Gasteiger partial charge in [0.15, 0.2) is 0 Å². The summed E-state index contributed by atoms with van der Waals surface area (Å²) in [5, 5.41) is 0. The molecule has 0 aliphatic heterocycles. The van der Waals surface area contributed by atoms with Gasteiger partial charge in [0.25, 0.3) is 0 Å². The second-order valence-corrected chi connectivity index (χ2v) is 3.78. The average Bonchev–Trinajstić information content (AvgIpc) is 2.36. The normalized spacial score (nSPS) is 24.2. The highest BCUT2D eigenvalue weighted by Gasteiger charge is 2.38. The van der Waals surface area contributed by atoms with Gasteiger partial charge in [-0.3, -0.25) is 4.79 Å². The van der Waals surface area contributed by atoms with Crippen molar-refractivity contribution in [1.82, 2.24) is 0 Å². The highest BCUT2D eigenvalue weighted by atomic mass is 16.5. The van der Waals surface area contributed by atoms with Crippen LogP contribution in [0, 0.1) is 5.41 Å². The summed E-state index contributed by atoms with van der Waals surface area (Å²) in [5.74, 6) is -0.634. The van der Waals surface area contributed by atoms with E-state index in [0.717, 1.165) is 0 Å². The first-order valence-electron chi connectivity index (χ1n) is 5.09. The first kappa shape index (κ1) is 12.5. The van der Waals surface area contributed by atoms with Crippen molar-refractivity contribution in [2.24, 2.45) is 5.41 Å². The number of methoxy groups -OCH3 is 2. The molecule has 4 heteroatoms. The Morgan fingerprint density at radius 2 is 2.12 bits per heavy atom. The molecule has 0 aromatic rings. The molecule has 0 saturated heterocycles. The smallest absolute Gasteiger partial charge is 0.333 e. The van der Waals surface area contributed by atoms with E-state index in [2.05, 4.69) is 11.3 Å². The summed E-state index contributed by atoms with van der Waals surface area (Å²) < 4.78 is 9.38. The van der Waals surface area contributed by atoms with Crippen molar-refractivity contribution >= 4 is 11.9 Å². The van der Waals surface area contributed by atoms with Gasteiger partial charge in [0.1, 0.15) is 0 Å². The second-order valence-electron chi connectivity index (χ2n) is 3.78. The van der Waals surface area contributed by atoms with E-state index in [1.807, 2.05) is 0 Å². The topological polar surface area (TPSA) is 52.6 Å². The van der Waals surface area contributed by atoms with Crippen molar-refractivity contribution in [3.8, 4) is 0 Å². The Morgan fingerprint density at radius 3 is 2.50 bits per heavy atom. The highest BCUT2D eigenvalue weighted by molar-refractivity contribution is 5.89. The summed E-state index contributed by atoms with van der Waals surface area (Å²) in [6.07, 6.45) is 4.81. The summed E-state index contributed by atoms with van der Waals surface area (Å²) >= 11 is 0. The van der Waals surface area contributed by atoms with Crippen LogP contribution in [0.3, 0.4) is 0 Å². The lowest BCUT2D eigenvalue weighted by Gasteiger charge is -2.30. The van der Waals surface area contributed by atoms with E-state index in [1.54, 1.807) is 12.2 Å². The zero-order valence-corrected chi connectivity index (χ0v) is 9.62. The molecule has 16 heavy (non-hydrogen) atoms. The monoisotopic (exact) mass is 224 g/mol. The first-order chi connectivity index (χ1) is 7.59. The number of ether oxygens (including phenoxy) is 2. The fraction of sp³-hybridized carbons (Fsp3) is 0.500. The van der Waals surface area contributed by atoms with Gasteiger partial charge in [0.2, 0.25) is 0 Å².